The van der Waals surface area contributed by atoms with Crippen molar-refractivity contribution < 1.29 is 9.18 Å². The Morgan fingerprint density at radius 2 is 1.72 bits per heavy atom. The van der Waals surface area contributed by atoms with Crippen LogP contribution in [-0.4, -0.2) is 42.7 Å². The van der Waals surface area contributed by atoms with E-state index in [4.69, 9.17) is 0 Å². The Balaban J connectivity index is 1.44. The van der Waals surface area contributed by atoms with E-state index in [0.717, 1.165) is 10.2 Å². The highest BCUT2D eigenvalue weighted by Crippen LogP contribution is 2.21. The molecule has 1 saturated heterocycles. The fraction of sp³-hybridized carbons (Fsp3) is 0.316. The third-order valence-corrected chi connectivity index (χ3v) is 5.75. The largest absolute Gasteiger partial charge is 0.366 e. The van der Waals surface area contributed by atoms with Crippen molar-refractivity contribution in [3.8, 4) is 0 Å². The van der Waals surface area contributed by atoms with Crippen LogP contribution in [0.1, 0.15) is 5.56 Å². The van der Waals surface area contributed by atoms with Crippen LogP contribution in [0.2, 0.25) is 0 Å². The van der Waals surface area contributed by atoms with Crippen molar-refractivity contribution >= 4 is 39.3 Å². The van der Waals surface area contributed by atoms with Gasteiger partial charge in [0, 0.05) is 36.4 Å². The summed E-state index contributed by atoms with van der Waals surface area (Å²) in [5.41, 5.74) is 1.84. The molecule has 0 bridgehead atoms. The number of carbonyl (C=O) groups is 1. The van der Waals surface area contributed by atoms with Gasteiger partial charge in [-0.2, -0.15) is 0 Å². The van der Waals surface area contributed by atoms with Crippen molar-refractivity contribution in [3.63, 3.8) is 0 Å². The number of carbonyl (C=O) groups excluding carboxylic acids is 1. The molecule has 132 valence electrons. The number of rotatable bonds is 5. The molecule has 0 aromatic heterocycles. The molecule has 25 heavy (non-hydrogen) atoms. The van der Waals surface area contributed by atoms with Crippen LogP contribution in [0, 0.1) is 5.82 Å². The van der Waals surface area contributed by atoms with E-state index in [1.165, 1.54) is 11.6 Å². The fourth-order valence-electron chi connectivity index (χ4n) is 2.83. The van der Waals surface area contributed by atoms with Gasteiger partial charge in [-0.25, -0.2) is 4.39 Å². The van der Waals surface area contributed by atoms with Gasteiger partial charge in [-0.1, -0.05) is 40.2 Å². The van der Waals surface area contributed by atoms with Gasteiger partial charge in [0.1, 0.15) is 5.82 Å². The van der Waals surface area contributed by atoms with Gasteiger partial charge in [0.15, 0.2) is 0 Å². The fourth-order valence-corrected chi connectivity index (χ4v) is 3.98. The highest BCUT2D eigenvalue weighted by Gasteiger charge is 2.22. The summed E-state index contributed by atoms with van der Waals surface area (Å²) in [5, 5.41) is 0. The molecule has 0 spiro atoms. The molecule has 3 nitrogen and oxygen atoms in total. The maximum atomic E-state index is 13.9. The van der Waals surface area contributed by atoms with Crippen LogP contribution in [0.15, 0.2) is 53.0 Å². The normalized spacial score (nSPS) is 14.6. The monoisotopic (exact) mass is 422 g/mol. The lowest BCUT2D eigenvalue weighted by molar-refractivity contribution is -0.128. The minimum absolute atomic E-state index is 0.162. The van der Waals surface area contributed by atoms with Crippen molar-refractivity contribution in [2.45, 2.75) is 5.75 Å². The van der Waals surface area contributed by atoms with E-state index in [9.17, 15) is 9.18 Å². The number of nitrogens with zero attached hydrogens (tertiary/aromatic N) is 2. The Kier molecular flexibility index (Phi) is 6.37. The molecule has 2 aromatic rings. The van der Waals surface area contributed by atoms with Crippen molar-refractivity contribution in [1.29, 1.82) is 0 Å². The lowest BCUT2D eigenvalue weighted by atomic mass is 10.2. The lowest BCUT2D eigenvalue weighted by Gasteiger charge is -2.36. The van der Waals surface area contributed by atoms with Crippen LogP contribution in [-0.2, 0) is 10.5 Å². The molecule has 0 N–H and O–H groups in total. The molecule has 1 heterocycles. The summed E-state index contributed by atoms with van der Waals surface area (Å²) in [7, 11) is 0. The van der Waals surface area contributed by atoms with Gasteiger partial charge in [-0.05, 0) is 29.8 Å². The van der Waals surface area contributed by atoms with Crippen LogP contribution in [0.4, 0.5) is 10.1 Å². The average molecular weight is 423 g/mol. The Labute approximate surface area is 160 Å². The summed E-state index contributed by atoms with van der Waals surface area (Å²) in [4.78, 5) is 16.2. The molecule has 3 rings (SSSR count). The Morgan fingerprint density at radius 1 is 1.04 bits per heavy atom. The first kappa shape index (κ1) is 18.3. The van der Waals surface area contributed by atoms with Gasteiger partial charge < -0.3 is 9.80 Å². The van der Waals surface area contributed by atoms with E-state index in [2.05, 4.69) is 28.1 Å². The molecule has 1 aliphatic rings. The van der Waals surface area contributed by atoms with E-state index in [1.54, 1.807) is 23.9 Å². The number of benzene rings is 2. The third kappa shape index (κ3) is 4.98. The second kappa shape index (κ2) is 8.72. The first-order valence-electron chi connectivity index (χ1n) is 8.23. The quantitative estimate of drug-likeness (QED) is 0.722. The smallest absolute Gasteiger partial charge is 0.232 e. The Bertz CT molecular complexity index is 718. The first-order chi connectivity index (χ1) is 12.1. The van der Waals surface area contributed by atoms with Gasteiger partial charge in [-0.15, -0.1) is 11.8 Å². The van der Waals surface area contributed by atoms with E-state index in [1.807, 2.05) is 28.0 Å². The SMILES string of the molecule is O=C(CSCc1ccc(Br)cc1)N1CCN(c2ccccc2F)CC1. The number of thioether (sulfide) groups is 1. The minimum Gasteiger partial charge on any atom is -0.366 e. The van der Waals surface area contributed by atoms with Crippen LogP contribution in [0.3, 0.4) is 0 Å². The van der Waals surface area contributed by atoms with Crippen LogP contribution < -0.4 is 4.90 Å². The first-order valence-corrected chi connectivity index (χ1v) is 10.2. The number of piperazine rings is 1. The zero-order chi connectivity index (χ0) is 17.6. The minimum atomic E-state index is -0.202. The van der Waals surface area contributed by atoms with Gasteiger partial charge in [0.05, 0.1) is 11.4 Å². The topological polar surface area (TPSA) is 23.6 Å². The molecule has 1 fully saturated rings. The summed E-state index contributed by atoms with van der Waals surface area (Å²) in [6.45, 7) is 2.63. The second-order valence-electron chi connectivity index (χ2n) is 5.94. The summed E-state index contributed by atoms with van der Waals surface area (Å²) in [6.07, 6.45) is 0. The number of halogens is 2. The van der Waals surface area contributed by atoms with E-state index >= 15 is 0 Å². The Morgan fingerprint density at radius 3 is 2.40 bits per heavy atom. The molecule has 1 aliphatic heterocycles. The van der Waals surface area contributed by atoms with Crippen molar-refractivity contribution in [1.82, 2.24) is 4.90 Å². The van der Waals surface area contributed by atoms with E-state index in [0.29, 0.717) is 37.6 Å². The number of amides is 1. The van der Waals surface area contributed by atoms with Crippen LogP contribution in [0.5, 0.6) is 0 Å². The number of hydrogen-bond acceptors (Lipinski definition) is 3. The molecule has 6 heteroatoms. The predicted molar refractivity (Wildman–Crippen MR) is 105 cm³/mol. The zero-order valence-electron chi connectivity index (χ0n) is 13.8. The lowest BCUT2D eigenvalue weighted by Crippen LogP contribution is -2.49. The average Bonchev–Trinajstić information content (AvgIpc) is 2.64. The summed E-state index contributed by atoms with van der Waals surface area (Å²) >= 11 is 5.05. The standard InChI is InChI=1S/C19H20BrFN2OS/c20-16-7-5-15(6-8-16)13-25-14-19(24)23-11-9-22(10-12-23)18-4-2-1-3-17(18)21/h1-8H,9-14H2. The maximum absolute atomic E-state index is 13.9. The van der Waals surface area contributed by atoms with E-state index < -0.39 is 0 Å². The molecule has 0 radical (unpaired) electrons. The predicted octanol–water partition coefficient (Wildman–Crippen LogP) is 4.17. The summed E-state index contributed by atoms with van der Waals surface area (Å²) in [6, 6.07) is 15.0. The maximum Gasteiger partial charge on any atom is 0.232 e. The van der Waals surface area contributed by atoms with Gasteiger partial charge >= 0.3 is 0 Å². The van der Waals surface area contributed by atoms with Crippen LogP contribution >= 0.6 is 27.7 Å². The molecular formula is C19H20BrFN2OS. The number of hydrogen-bond donors (Lipinski definition) is 0. The third-order valence-electron chi connectivity index (χ3n) is 4.23. The molecule has 0 saturated carbocycles. The molecule has 0 aliphatic carbocycles. The summed E-state index contributed by atoms with van der Waals surface area (Å²) in [5.74, 6) is 1.27. The van der Waals surface area contributed by atoms with E-state index in [-0.39, 0.29) is 11.7 Å². The second-order valence-corrected chi connectivity index (χ2v) is 7.84. The molecular weight excluding hydrogens is 403 g/mol. The zero-order valence-corrected chi connectivity index (χ0v) is 16.2. The molecule has 0 atom stereocenters. The van der Waals surface area contributed by atoms with Gasteiger partial charge in [0.2, 0.25) is 5.91 Å². The van der Waals surface area contributed by atoms with Gasteiger partial charge in [-0.3, -0.25) is 4.79 Å². The summed E-state index contributed by atoms with van der Waals surface area (Å²) < 4.78 is 14.9. The molecule has 0 unspecified atom stereocenters. The number of anilines is 1. The molecule has 1 amide bonds. The highest BCUT2D eigenvalue weighted by atomic mass is 79.9. The molecule has 2 aromatic carbocycles. The highest BCUT2D eigenvalue weighted by molar-refractivity contribution is 9.10. The van der Waals surface area contributed by atoms with Crippen molar-refractivity contribution in [2.24, 2.45) is 0 Å². The van der Waals surface area contributed by atoms with Crippen molar-refractivity contribution in [2.75, 3.05) is 36.8 Å². The van der Waals surface area contributed by atoms with Gasteiger partial charge in [0.25, 0.3) is 0 Å². The number of para-hydroxylation sites is 1. The van der Waals surface area contributed by atoms with Crippen LogP contribution in [0.25, 0.3) is 0 Å². The Hall–Kier alpha value is -1.53. The van der Waals surface area contributed by atoms with Crippen molar-refractivity contribution in [3.05, 3.63) is 64.4 Å².